The zero-order valence-electron chi connectivity index (χ0n) is 25.6. The average Bonchev–Trinajstić information content (AvgIpc) is 3.01. The van der Waals surface area contributed by atoms with Crippen molar-refractivity contribution in [3.63, 3.8) is 0 Å². The molecular weight excluding hydrogens is 666 g/mol. The van der Waals surface area contributed by atoms with Gasteiger partial charge in [-0.15, -0.1) is 13.2 Å². The molecule has 5 aromatic carbocycles. The number of unbranched alkanes of at least 4 members (excludes halogenated alkanes) is 2. The van der Waals surface area contributed by atoms with Crippen LogP contribution in [0.5, 0.6) is 11.5 Å². The number of hydrogen-bond donors (Lipinski definition) is 0. The van der Waals surface area contributed by atoms with E-state index in [4.69, 9.17) is 0 Å². The smallest absolute Gasteiger partial charge is 0.429 e. The van der Waals surface area contributed by atoms with Crippen LogP contribution in [-0.4, -0.2) is 6.36 Å². The molecule has 0 bridgehead atoms. The molecule has 0 spiro atoms. The van der Waals surface area contributed by atoms with Gasteiger partial charge in [0.25, 0.3) is 0 Å². The van der Waals surface area contributed by atoms with E-state index in [2.05, 4.69) is 16.4 Å². The number of benzene rings is 5. The highest BCUT2D eigenvalue weighted by Crippen LogP contribution is 2.39. The molecule has 12 heteroatoms. The van der Waals surface area contributed by atoms with Crippen LogP contribution in [0.25, 0.3) is 33.4 Å². The summed E-state index contributed by atoms with van der Waals surface area (Å²) in [6.45, 7) is 2.13. The molecule has 0 heterocycles. The lowest BCUT2D eigenvalue weighted by Gasteiger charge is -2.20. The predicted molar refractivity (Wildman–Crippen MR) is 163 cm³/mol. The standard InChI is InChI=1S/C37H26F10O2/c1-2-3-4-5-21-6-8-22(9-7-21)23-10-13-27(29(38)16-23)24-11-14-28(30(39)17-24)25-18-32(41)35(33(42)19-25)36(43,44)48-26-12-15-34(31(40)20-26)49-37(45,46)47/h6-20H,2-5H2,1H3. The fraction of sp³-hybridized carbons (Fsp3) is 0.189. The number of aryl methyl sites for hydroxylation is 1. The van der Waals surface area contributed by atoms with E-state index in [1.807, 2.05) is 24.3 Å². The van der Waals surface area contributed by atoms with E-state index < -0.39 is 69.7 Å². The van der Waals surface area contributed by atoms with Crippen molar-refractivity contribution in [2.75, 3.05) is 0 Å². The van der Waals surface area contributed by atoms with Gasteiger partial charge in [0.1, 0.15) is 34.6 Å². The molecule has 0 aliphatic heterocycles. The predicted octanol–water partition coefficient (Wildman–Crippen LogP) is 12.1. The fourth-order valence-electron chi connectivity index (χ4n) is 5.25. The van der Waals surface area contributed by atoms with Gasteiger partial charge in [-0.25, -0.2) is 22.0 Å². The third kappa shape index (κ3) is 8.36. The van der Waals surface area contributed by atoms with Crippen LogP contribution in [0.4, 0.5) is 43.9 Å². The van der Waals surface area contributed by atoms with Crippen LogP contribution in [0, 0.1) is 29.1 Å². The second kappa shape index (κ2) is 14.2. The Hall–Kier alpha value is -5.00. The van der Waals surface area contributed by atoms with Gasteiger partial charge in [-0.2, -0.15) is 8.78 Å². The molecule has 0 aliphatic carbocycles. The third-order valence-electron chi connectivity index (χ3n) is 7.62. The van der Waals surface area contributed by atoms with E-state index in [1.54, 1.807) is 6.07 Å². The van der Waals surface area contributed by atoms with Crippen LogP contribution in [0.1, 0.15) is 37.3 Å². The van der Waals surface area contributed by atoms with E-state index in [0.717, 1.165) is 43.4 Å². The minimum atomic E-state index is -5.27. The summed E-state index contributed by atoms with van der Waals surface area (Å²) in [6, 6.07) is 17.3. The van der Waals surface area contributed by atoms with Crippen LogP contribution in [0.3, 0.4) is 0 Å². The molecule has 0 radical (unpaired) electrons. The zero-order chi connectivity index (χ0) is 35.5. The molecule has 0 amide bonds. The summed E-state index contributed by atoms with van der Waals surface area (Å²) in [4.78, 5) is 0. The highest BCUT2D eigenvalue weighted by Gasteiger charge is 2.42. The van der Waals surface area contributed by atoms with E-state index in [1.165, 1.54) is 23.8 Å². The summed E-state index contributed by atoms with van der Waals surface area (Å²) < 4.78 is 149. The summed E-state index contributed by atoms with van der Waals surface area (Å²) in [6.07, 6.45) is -5.80. The highest BCUT2D eigenvalue weighted by atomic mass is 19.4. The fourth-order valence-corrected chi connectivity index (χ4v) is 5.25. The van der Waals surface area contributed by atoms with Crippen molar-refractivity contribution in [3.05, 3.63) is 131 Å². The van der Waals surface area contributed by atoms with Gasteiger partial charge in [0.15, 0.2) is 11.6 Å². The van der Waals surface area contributed by atoms with Crippen molar-refractivity contribution >= 4 is 0 Å². The molecule has 0 unspecified atom stereocenters. The first-order chi connectivity index (χ1) is 23.1. The number of halogens is 10. The summed E-state index contributed by atoms with van der Waals surface area (Å²) in [5.41, 5.74) is -0.0823. The Morgan fingerprint density at radius 3 is 1.63 bits per heavy atom. The average molecular weight is 693 g/mol. The van der Waals surface area contributed by atoms with Gasteiger partial charge in [-0.3, -0.25) is 0 Å². The molecule has 5 rings (SSSR count). The summed E-state index contributed by atoms with van der Waals surface area (Å²) in [5, 5.41) is 0. The number of alkyl halides is 5. The Morgan fingerprint density at radius 2 is 1.06 bits per heavy atom. The lowest BCUT2D eigenvalue weighted by Crippen LogP contribution is -2.25. The van der Waals surface area contributed by atoms with E-state index >= 15 is 8.78 Å². The number of hydrogen-bond acceptors (Lipinski definition) is 2. The molecule has 0 saturated carbocycles. The van der Waals surface area contributed by atoms with Crippen LogP contribution < -0.4 is 9.47 Å². The molecule has 0 fully saturated rings. The SMILES string of the molecule is CCCCCc1ccc(-c2ccc(-c3ccc(-c4cc(F)c(C(F)(F)Oc5ccc(OC(F)(F)F)c(F)c5)c(F)c4)c(F)c3)c(F)c2)cc1. The molecule has 256 valence electrons. The first-order valence-electron chi connectivity index (χ1n) is 15.0. The molecule has 0 N–H and O–H groups in total. The van der Waals surface area contributed by atoms with Crippen molar-refractivity contribution in [3.8, 4) is 44.9 Å². The Balaban J connectivity index is 1.34. The van der Waals surface area contributed by atoms with Crippen molar-refractivity contribution in [1.29, 1.82) is 0 Å². The minimum absolute atomic E-state index is 0.0457. The number of ether oxygens (including phenoxy) is 2. The summed E-state index contributed by atoms with van der Waals surface area (Å²) in [5.74, 6) is -9.57. The van der Waals surface area contributed by atoms with Gasteiger partial charge in [0.2, 0.25) is 0 Å². The molecular formula is C37H26F10O2. The third-order valence-corrected chi connectivity index (χ3v) is 7.62. The molecule has 49 heavy (non-hydrogen) atoms. The van der Waals surface area contributed by atoms with Gasteiger partial charge in [0, 0.05) is 17.2 Å². The van der Waals surface area contributed by atoms with Gasteiger partial charge in [-0.1, -0.05) is 68.3 Å². The van der Waals surface area contributed by atoms with Crippen LogP contribution in [0.15, 0.2) is 91.0 Å². The Morgan fingerprint density at radius 1 is 0.510 bits per heavy atom. The largest absolute Gasteiger partial charge is 0.573 e. The second-order valence-corrected chi connectivity index (χ2v) is 11.1. The quantitative estimate of drug-likeness (QED) is 0.101. The van der Waals surface area contributed by atoms with Crippen molar-refractivity contribution in [2.24, 2.45) is 0 Å². The topological polar surface area (TPSA) is 18.5 Å². The van der Waals surface area contributed by atoms with Crippen LogP contribution in [-0.2, 0) is 12.5 Å². The zero-order valence-corrected chi connectivity index (χ0v) is 25.6. The first-order valence-corrected chi connectivity index (χ1v) is 15.0. The van der Waals surface area contributed by atoms with Gasteiger partial charge in [0.05, 0.1) is 0 Å². The summed E-state index contributed by atoms with van der Waals surface area (Å²) >= 11 is 0. The maximum absolute atomic E-state index is 15.2. The molecule has 0 atom stereocenters. The van der Waals surface area contributed by atoms with Crippen molar-refractivity contribution in [2.45, 2.75) is 45.1 Å². The number of rotatable bonds is 11. The molecule has 5 aromatic rings. The molecule has 0 aromatic heterocycles. The molecule has 2 nitrogen and oxygen atoms in total. The lowest BCUT2D eigenvalue weighted by atomic mass is 9.96. The van der Waals surface area contributed by atoms with Crippen LogP contribution >= 0.6 is 0 Å². The molecule has 0 aliphatic rings. The van der Waals surface area contributed by atoms with E-state index in [9.17, 15) is 35.1 Å². The van der Waals surface area contributed by atoms with Gasteiger partial charge < -0.3 is 9.47 Å². The maximum Gasteiger partial charge on any atom is 0.573 e. The molecule has 0 saturated heterocycles. The van der Waals surface area contributed by atoms with E-state index in [0.29, 0.717) is 29.8 Å². The van der Waals surface area contributed by atoms with Crippen LogP contribution in [0.2, 0.25) is 0 Å². The minimum Gasteiger partial charge on any atom is -0.429 e. The Kier molecular flexibility index (Phi) is 10.3. The highest BCUT2D eigenvalue weighted by molar-refractivity contribution is 5.74. The monoisotopic (exact) mass is 692 g/mol. The lowest BCUT2D eigenvalue weighted by molar-refractivity contribution is -0.275. The Labute approximate surface area is 274 Å². The van der Waals surface area contributed by atoms with Crippen molar-refractivity contribution < 1.29 is 53.4 Å². The van der Waals surface area contributed by atoms with Gasteiger partial charge in [-0.05, 0) is 77.1 Å². The van der Waals surface area contributed by atoms with E-state index in [-0.39, 0.29) is 17.2 Å². The maximum atomic E-state index is 15.2. The normalized spacial score (nSPS) is 11.9. The van der Waals surface area contributed by atoms with Crippen molar-refractivity contribution in [1.82, 2.24) is 0 Å². The Bertz CT molecular complexity index is 1930. The first kappa shape index (κ1) is 35.3. The summed E-state index contributed by atoms with van der Waals surface area (Å²) in [7, 11) is 0. The van der Waals surface area contributed by atoms with Gasteiger partial charge >= 0.3 is 12.5 Å². The second-order valence-electron chi connectivity index (χ2n) is 11.1.